The van der Waals surface area contributed by atoms with Crippen LogP contribution in [0.4, 0.5) is 5.00 Å². The van der Waals surface area contributed by atoms with Crippen LogP contribution in [0.2, 0.25) is 0 Å². The lowest BCUT2D eigenvalue weighted by Gasteiger charge is -2.26. The number of ketones is 1. The molecule has 1 aromatic heterocycles. The number of thiophene rings is 1. The van der Waals surface area contributed by atoms with Crippen LogP contribution in [0.15, 0.2) is 29.2 Å². The Morgan fingerprint density at radius 1 is 1.12 bits per heavy atom. The maximum absolute atomic E-state index is 12.8. The summed E-state index contributed by atoms with van der Waals surface area (Å²) in [5.74, 6) is -0.545. The zero-order valence-corrected chi connectivity index (χ0v) is 20.2. The highest BCUT2D eigenvalue weighted by atomic mass is 32.2. The number of anilines is 1. The van der Waals surface area contributed by atoms with Gasteiger partial charge in [-0.05, 0) is 62.4 Å². The predicted molar refractivity (Wildman–Crippen MR) is 126 cm³/mol. The first-order valence-electron chi connectivity index (χ1n) is 11.2. The number of nitrogens with one attached hydrogen (secondary N) is 1. The van der Waals surface area contributed by atoms with E-state index >= 15 is 0 Å². The van der Waals surface area contributed by atoms with E-state index in [2.05, 4.69) is 5.32 Å². The van der Waals surface area contributed by atoms with Crippen LogP contribution in [0.25, 0.3) is 0 Å². The Hall–Kier alpha value is -2.27. The van der Waals surface area contributed by atoms with Crippen LogP contribution in [-0.2, 0) is 32.3 Å². The van der Waals surface area contributed by atoms with Gasteiger partial charge in [-0.15, -0.1) is 11.3 Å². The van der Waals surface area contributed by atoms with Crippen molar-refractivity contribution in [2.45, 2.75) is 37.5 Å². The summed E-state index contributed by atoms with van der Waals surface area (Å²) in [5.41, 5.74) is 2.00. The molecule has 1 aromatic carbocycles. The molecule has 1 aliphatic carbocycles. The molecule has 0 amide bonds. The van der Waals surface area contributed by atoms with Gasteiger partial charge in [0.15, 0.2) is 5.78 Å². The molecular weight excluding hydrogens is 464 g/mol. The van der Waals surface area contributed by atoms with Gasteiger partial charge in [0.05, 0.1) is 36.8 Å². The lowest BCUT2D eigenvalue weighted by molar-refractivity contribution is 0.0526. The molecule has 0 radical (unpaired) electrons. The van der Waals surface area contributed by atoms with Gasteiger partial charge < -0.3 is 14.8 Å². The Morgan fingerprint density at radius 3 is 2.52 bits per heavy atom. The number of morpholine rings is 1. The number of carbonyl (C=O) groups is 2. The van der Waals surface area contributed by atoms with Crippen LogP contribution in [0.1, 0.15) is 50.9 Å². The standard InChI is InChI=1S/C23H28N2O6S2/c1-2-31-23(27)21-18-5-3-4-6-20(18)32-22(21)24-15-19(26)16-7-9-17(10-8-16)33(28,29)25-11-13-30-14-12-25/h7-10,24H,2-6,11-15H2,1H3. The Balaban J connectivity index is 1.46. The second-order valence-corrected chi connectivity index (χ2v) is 11.0. The SMILES string of the molecule is CCOC(=O)c1c(NCC(=O)c2ccc(S(=O)(=O)N3CCOCC3)cc2)sc2c1CCCC2. The smallest absolute Gasteiger partial charge is 0.341 e. The Morgan fingerprint density at radius 2 is 1.82 bits per heavy atom. The molecule has 1 saturated heterocycles. The normalized spacial score (nSPS) is 16.8. The van der Waals surface area contributed by atoms with Crippen LogP contribution < -0.4 is 5.32 Å². The molecule has 0 atom stereocenters. The van der Waals surface area contributed by atoms with E-state index in [0.717, 1.165) is 31.2 Å². The number of nitrogens with zero attached hydrogens (tertiary/aromatic N) is 1. The molecule has 10 heteroatoms. The monoisotopic (exact) mass is 492 g/mol. The minimum absolute atomic E-state index is 0.00135. The molecule has 0 saturated carbocycles. The quantitative estimate of drug-likeness (QED) is 0.446. The molecule has 1 aliphatic heterocycles. The number of sulfonamides is 1. The van der Waals surface area contributed by atoms with E-state index in [4.69, 9.17) is 9.47 Å². The molecular formula is C23H28N2O6S2. The van der Waals surface area contributed by atoms with Crippen molar-refractivity contribution in [1.29, 1.82) is 0 Å². The highest BCUT2D eigenvalue weighted by Crippen LogP contribution is 2.38. The lowest BCUT2D eigenvalue weighted by atomic mass is 9.95. The zero-order chi connectivity index (χ0) is 23.4. The maximum Gasteiger partial charge on any atom is 0.341 e. The average molecular weight is 493 g/mol. The van der Waals surface area contributed by atoms with Gasteiger partial charge in [-0.3, -0.25) is 4.79 Å². The van der Waals surface area contributed by atoms with Gasteiger partial charge >= 0.3 is 5.97 Å². The Labute approximate surface area is 197 Å². The summed E-state index contributed by atoms with van der Waals surface area (Å²) in [4.78, 5) is 26.7. The first-order valence-corrected chi connectivity index (χ1v) is 13.4. The van der Waals surface area contributed by atoms with Gasteiger partial charge in [-0.25, -0.2) is 13.2 Å². The average Bonchev–Trinajstić information content (AvgIpc) is 3.22. The third kappa shape index (κ3) is 5.13. The zero-order valence-electron chi connectivity index (χ0n) is 18.6. The van der Waals surface area contributed by atoms with Gasteiger partial charge in [0.1, 0.15) is 5.00 Å². The van der Waals surface area contributed by atoms with Crippen molar-refractivity contribution in [1.82, 2.24) is 4.31 Å². The van der Waals surface area contributed by atoms with E-state index < -0.39 is 10.0 Å². The minimum Gasteiger partial charge on any atom is -0.462 e. The van der Waals surface area contributed by atoms with Gasteiger partial charge in [0.25, 0.3) is 0 Å². The molecule has 8 nitrogen and oxygen atoms in total. The van der Waals surface area contributed by atoms with E-state index in [9.17, 15) is 18.0 Å². The number of benzene rings is 1. The van der Waals surface area contributed by atoms with Crippen molar-refractivity contribution in [3.05, 3.63) is 45.8 Å². The molecule has 0 bridgehead atoms. The van der Waals surface area contributed by atoms with Crippen molar-refractivity contribution < 1.29 is 27.5 Å². The van der Waals surface area contributed by atoms with Crippen molar-refractivity contribution in [2.75, 3.05) is 44.8 Å². The third-order valence-electron chi connectivity index (χ3n) is 5.84. The third-order valence-corrected chi connectivity index (χ3v) is 9.01. The second kappa shape index (κ2) is 10.3. The number of hydrogen-bond donors (Lipinski definition) is 1. The highest BCUT2D eigenvalue weighted by molar-refractivity contribution is 7.89. The molecule has 2 heterocycles. The van der Waals surface area contributed by atoms with E-state index in [0.29, 0.717) is 49.0 Å². The Kier molecular flexibility index (Phi) is 7.48. The first kappa shape index (κ1) is 23.9. The topological polar surface area (TPSA) is 102 Å². The maximum atomic E-state index is 12.8. The number of fused-ring (bicyclic) bond motifs is 1. The van der Waals surface area contributed by atoms with Crippen molar-refractivity contribution >= 4 is 38.1 Å². The van der Waals surface area contributed by atoms with Crippen molar-refractivity contribution in [2.24, 2.45) is 0 Å². The molecule has 2 aliphatic rings. The number of esters is 1. The molecule has 33 heavy (non-hydrogen) atoms. The Bertz CT molecular complexity index is 1120. The van der Waals surface area contributed by atoms with Gasteiger partial charge in [-0.1, -0.05) is 0 Å². The number of ether oxygens (including phenoxy) is 2. The fraction of sp³-hybridized carbons (Fsp3) is 0.478. The summed E-state index contributed by atoms with van der Waals surface area (Å²) in [5, 5.41) is 3.80. The van der Waals surface area contributed by atoms with Crippen LogP contribution >= 0.6 is 11.3 Å². The van der Waals surface area contributed by atoms with Crippen LogP contribution in [-0.4, -0.2) is 63.9 Å². The fourth-order valence-electron chi connectivity index (χ4n) is 4.12. The lowest BCUT2D eigenvalue weighted by Crippen LogP contribution is -2.40. The largest absolute Gasteiger partial charge is 0.462 e. The van der Waals surface area contributed by atoms with Crippen LogP contribution in [0.3, 0.4) is 0 Å². The first-order chi connectivity index (χ1) is 15.9. The molecule has 1 N–H and O–H groups in total. The number of Topliss-reactive ketones (excluding diaryl/α,β-unsaturated/α-hetero) is 1. The van der Waals surface area contributed by atoms with E-state index in [1.165, 1.54) is 44.8 Å². The molecule has 4 rings (SSSR count). The summed E-state index contributed by atoms with van der Waals surface area (Å²) in [7, 11) is -3.61. The summed E-state index contributed by atoms with van der Waals surface area (Å²) in [6.07, 6.45) is 3.90. The van der Waals surface area contributed by atoms with Crippen LogP contribution in [0.5, 0.6) is 0 Å². The fourth-order valence-corrected chi connectivity index (χ4v) is 6.80. The van der Waals surface area contributed by atoms with Gasteiger partial charge in [-0.2, -0.15) is 4.31 Å². The van der Waals surface area contributed by atoms with Crippen molar-refractivity contribution in [3.63, 3.8) is 0 Å². The van der Waals surface area contributed by atoms with E-state index in [1.54, 1.807) is 6.92 Å². The number of hydrogen-bond acceptors (Lipinski definition) is 8. The number of carbonyl (C=O) groups excluding carboxylic acids is 2. The van der Waals surface area contributed by atoms with Crippen LogP contribution in [0, 0.1) is 0 Å². The molecule has 0 unspecified atom stereocenters. The highest BCUT2D eigenvalue weighted by Gasteiger charge is 2.28. The molecule has 1 fully saturated rings. The summed E-state index contributed by atoms with van der Waals surface area (Å²) < 4.78 is 37.4. The number of aryl methyl sites for hydroxylation is 1. The summed E-state index contributed by atoms with van der Waals surface area (Å²) in [6, 6.07) is 5.99. The van der Waals surface area contributed by atoms with Gasteiger partial charge in [0.2, 0.25) is 10.0 Å². The predicted octanol–water partition coefficient (Wildman–Crippen LogP) is 3.12. The van der Waals surface area contributed by atoms with Crippen molar-refractivity contribution in [3.8, 4) is 0 Å². The second-order valence-electron chi connectivity index (χ2n) is 7.95. The van der Waals surface area contributed by atoms with E-state index in [-0.39, 0.29) is 23.2 Å². The van der Waals surface area contributed by atoms with Gasteiger partial charge in [0, 0.05) is 23.5 Å². The summed E-state index contributed by atoms with van der Waals surface area (Å²) in [6.45, 7) is 3.46. The molecule has 178 valence electrons. The summed E-state index contributed by atoms with van der Waals surface area (Å²) >= 11 is 1.52. The number of rotatable bonds is 8. The molecule has 2 aromatic rings. The van der Waals surface area contributed by atoms with E-state index in [1.807, 2.05) is 0 Å². The minimum atomic E-state index is -3.61. The molecule has 0 spiro atoms.